The lowest BCUT2D eigenvalue weighted by Gasteiger charge is -2.06. The Kier molecular flexibility index (Phi) is 4.73. The van der Waals surface area contributed by atoms with E-state index in [1.165, 1.54) is 5.69 Å². The van der Waals surface area contributed by atoms with Gasteiger partial charge in [0, 0.05) is 17.6 Å². The van der Waals surface area contributed by atoms with Gasteiger partial charge in [0.05, 0.1) is 17.3 Å². The molecule has 4 heteroatoms. The molecule has 0 fully saturated rings. The fourth-order valence-electron chi connectivity index (χ4n) is 1.80. The molecule has 1 aromatic heterocycles. The van der Waals surface area contributed by atoms with Crippen molar-refractivity contribution in [1.82, 2.24) is 4.98 Å². The molecule has 0 unspecified atom stereocenters. The number of hydrogen-bond acceptors (Lipinski definition) is 4. The maximum absolute atomic E-state index is 9.05. The van der Waals surface area contributed by atoms with E-state index in [1.54, 1.807) is 11.3 Å². The van der Waals surface area contributed by atoms with E-state index in [-0.39, 0.29) is 6.61 Å². The zero-order valence-electron chi connectivity index (χ0n) is 10.5. The van der Waals surface area contributed by atoms with Gasteiger partial charge in [-0.3, -0.25) is 0 Å². The van der Waals surface area contributed by atoms with Crippen LogP contribution in [-0.4, -0.2) is 16.6 Å². The summed E-state index contributed by atoms with van der Waals surface area (Å²) in [5.74, 6) is 0. The molecular weight excluding hydrogens is 244 g/mol. The Balaban J connectivity index is 1.74. The molecule has 1 aromatic carbocycles. The standard InChI is InChI=1S/C14H18N2OS/c1-11-16-14(10-18-11)6-3-7-15-13-5-2-4-12(8-13)9-17/h2,4-5,8,10,15,17H,3,6-7,9H2,1H3. The van der Waals surface area contributed by atoms with Gasteiger partial charge in [0.15, 0.2) is 0 Å². The molecule has 3 nitrogen and oxygen atoms in total. The Morgan fingerprint density at radius 2 is 2.28 bits per heavy atom. The van der Waals surface area contributed by atoms with E-state index in [9.17, 15) is 0 Å². The van der Waals surface area contributed by atoms with Crippen molar-refractivity contribution in [3.8, 4) is 0 Å². The molecule has 0 aliphatic rings. The molecule has 2 rings (SSSR count). The average molecular weight is 262 g/mol. The van der Waals surface area contributed by atoms with Gasteiger partial charge in [0.1, 0.15) is 0 Å². The average Bonchev–Trinajstić information content (AvgIpc) is 2.81. The van der Waals surface area contributed by atoms with Crippen molar-refractivity contribution in [3.05, 3.63) is 45.9 Å². The summed E-state index contributed by atoms with van der Waals surface area (Å²) < 4.78 is 0. The van der Waals surface area contributed by atoms with Crippen molar-refractivity contribution in [1.29, 1.82) is 0 Å². The van der Waals surface area contributed by atoms with Gasteiger partial charge in [-0.25, -0.2) is 4.98 Å². The minimum absolute atomic E-state index is 0.0909. The maximum atomic E-state index is 9.05. The van der Waals surface area contributed by atoms with Gasteiger partial charge in [-0.15, -0.1) is 11.3 Å². The van der Waals surface area contributed by atoms with Gasteiger partial charge < -0.3 is 10.4 Å². The molecule has 0 radical (unpaired) electrons. The number of anilines is 1. The van der Waals surface area contributed by atoms with Crippen molar-refractivity contribution >= 4 is 17.0 Å². The summed E-state index contributed by atoms with van der Waals surface area (Å²) in [6.07, 6.45) is 2.07. The molecule has 18 heavy (non-hydrogen) atoms. The largest absolute Gasteiger partial charge is 0.392 e. The fourth-order valence-corrected chi connectivity index (χ4v) is 2.45. The first-order valence-corrected chi connectivity index (χ1v) is 7.00. The fraction of sp³-hybridized carbons (Fsp3) is 0.357. The molecule has 0 saturated heterocycles. The molecule has 2 N–H and O–H groups in total. The quantitative estimate of drug-likeness (QED) is 0.787. The summed E-state index contributed by atoms with van der Waals surface area (Å²) in [5.41, 5.74) is 3.19. The van der Waals surface area contributed by atoms with Crippen LogP contribution in [0.4, 0.5) is 5.69 Å². The highest BCUT2D eigenvalue weighted by atomic mass is 32.1. The highest BCUT2D eigenvalue weighted by Gasteiger charge is 1.98. The Morgan fingerprint density at radius 3 is 3.00 bits per heavy atom. The lowest BCUT2D eigenvalue weighted by Crippen LogP contribution is -2.03. The molecule has 0 aliphatic carbocycles. The Labute approximate surface area is 112 Å². The normalized spacial score (nSPS) is 10.6. The molecular formula is C14H18N2OS. The van der Waals surface area contributed by atoms with Crippen LogP contribution in [0, 0.1) is 6.92 Å². The second kappa shape index (κ2) is 6.52. The minimum atomic E-state index is 0.0909. The van der Waals surface area contributed by atoms with Crippen LogP contribution in [0.2, 0.25) is 0 Å². The number of nitrogens with zero attached hydrogens (tertiary/aromatic N) is 1. The van der Waals surface area contributed by atoms with Gasteiger partial charge in [0.2, 0.25) is 0 Å². The van der Waals surface area contributed by atoms with E-state index in [0.29, 0.717) is 0 Å². The molecule has 0 amide bonds. The lowest BCUT2D eigenvalue weighted by molar-refractivity contribution is 0.282. The van der Waals surface area contributed by atoms with E-state index in [0.717, 1.165) is 35.6 Å². The zero-order valence-corrected chi connectivity index (χ0v) is 11.3. The lowest BCUT2D eigenvalue weighted by atomic mass is 10.2. The number of benzene rings is 1. The van der Waals surface area contributed by atoms with E-state index >= 15 is 0 Å². The first-order chi connectivity index (χ1) is 8.78. The van der Waals surface area contributed by atoms with Gasteiger partial charge in [0.25, 0.3) is 0 Å². The third-order valence-electron chi connectivity index (χ3n) is 2.71. The number of thiazole rings is 1. The van der Waals surface area contributed by atoms with Gasteiger partial charge in [-0.05, 0) is 37.5 Å². The zero-order chi connectivity index (χ0) is 12.8. The molecule has 0 saturated carbocycles. The molecule has 0 bridgehead atoms. The number of aliphatic hydroxyl groups excluding tert-OH is 1. The van der Waals surface area contributed by atoms with E-state index < -0.39 is 0 Å². The second-order valence-corrected chi connectivity index (χ2v) is 5.31. The number of rotatable bonds is 6. The Morgan fingerprint density at radius 1 is 1.39 bits per heavy atom. The monoisotopic (exact) mass is 262 g/mol. The first kappa shape index (κ1) is 13.1. The number of aliphatic hydroxyl groups is 1. The van der Waals surface area contributed by atoms with E-state index in [1.807, 2.05) is 31.2 Å². The van der Waals surface area contributed by atoms with Crippen LogP contribution in [0.3, 0.4) is 0 Å². The molecule has 2 aromatic rings. The highest BCUT2D eigenvalue weighted by molar-refractivity contribution is 7.09. The number of nitrogens with one attached hydrogen (secondary N) is 1. The van der Waals surface area contributed by atoms with Gasteiger partial charge in [-0.2, -0.15) is 0 Å². The Hall–Kier alpha value is -1.39. The summed E-state index contributed by atoms with van der Waals surface area (Å²) in [4.78, 5) is 4.44. The first-order valence-electron chi connectivity index (χ1n) is 6.12. The van der Waals surface area contributed by atoms with Crippen LogP contribution in [0.1, 0.15) is 22.7 Å². The van der Waals surface area contributed by atoms with Crippen molar-refractivity contribution in [2.45, 2.75) is 26.4 Å². The Bertz CT molecular complexity index is 496. The molecule has 0 spiro atoms. The third kappa shape index (κ3) is 3.82. The van der Waals surface area contributed by atoms with Crippen molar-refractivity contribution in [3.63, 3.8) is 0 Å². The highest BCUT2D eigenvalue weighted by Crippen LogP contribution is 2.12. The summed E-state index contributed by atoms with van der Waals surface area (Å²) >= 11 is 1.70. The molecule has 0 aliphatic heterocycles. The van der Waals surface area contributed by atoms with Crippen LogP contribution in [0.15, 0.2) is 29.6 Å². The van der Waals surface area contributed by atoms with Crippen LogP contribution in [-0.2, 0) is 13.0 Å². The number of hydrogen-bond donors (Lipinski definition) is 2. The van der Waals surface area contributed by atoms with Crippen molar-refractivity contribution in [2.24, 2.45) is 0 Å². The van der Waals surface area contributed by atoms with Crippen LogP contribution in [0.5, 0.6) is 0 Å². The summed E-state index contributed by atoms with van der Waals surface area (Å²) in [6, 6.07) is 7.88. The van der Waals surface area contributed by atoms with Crippen molar-refractivity contribution < 1.29 is 5.11 Å². The van der Waals surface area contributed by atoms with Gasteiger partial charge in [-0.1, -0.05) is 12.1 Å². The predicted molar refractivity (Wildman–Crippen MR) is 76.0 cm³/mol. The molecule has 1 heterocycles. The summed E-state index contributed by atoms with van der Waals surface area (Å²) in [6.45, 7) is 3.05. The summed E-state index contributed by atoms with van der Waals surface area (Å²) in [5, 5.41) is 15.7. The predicted octanol–water partition coefficient (Wildman–Crippen LogP) is 2.99. The summed E-state index contributed by atoms with van der Waals surface area (Å²) in [7, 11) is 0. The van der Waals surface area contributed by atoms with Crippen LogP contribution in [0.25, 0.3) is 0 Å². The SMILES string of the molecule is Cc1nc(CCCNc2cccc(CO)c2)cs1. The number of aromatic nitrogens is 1. The molecule has 96 valence electrons. The number of aryl methyl sites for hydroxylation is 2. The minimum Gasteiger partial charge on any atom is -0.392 e. The molecule has 0 atom stereocenters. The maximum Gasteiger partial charge on any atom is 0.0897 e. The topological polar surface area (TPSA) is 45.2 Å². The van der Waals surface area contributed by atoms with E-state index in [2.05, 4.69) is 15.7 Å². The van der Waals surface area contributed by atoms with Crippen molar-refractivity contribution in [2.75, 3.05) is 11.9 Å². The van der Waals surface area contributed by atoms with E-state index in [4.69, 9.17) is 5.11 Å². The van der Waals surface area contributed by atoms with Gasteiger partial charge >= 0.3 is 0 Å². The van der Waals surface area contributed by atoms with Crippen LogP contribution >= 0.6 is 11.3 Å². The third-order valence-corrected chi connectivity index (χ3v) is 3.54. The second-order valence-electron chi connectivity index (χ2n) is 4.25. The van der Waals surface area contributed by atoms with Crippen LogP contribution < -0.4 is 5.32 Å². The smallest absolute Gasteiger partial charge is 0.0897 e.